The van der Waals surface area contributed by atoms with E-state index in [4.69, 9.17) is 36.7 Å². The van der Waals surface area contributed by atoms with E-state index in [0.717, 1.165) is 24.9 Å². The smallest absolute Gasteiger partial charge is 0.408 e. The first-order valence-electron chi connectivity index (χ1n) is 14.0. The van der Waals surface area contributed by atoms with E-state index >= 15 is 0 Å². The Morgan fingerprint density at radius 3 is 1.75 bits per heavy atom. The van der Waals surface area contributed by atoms with Gasteiger partial charge in [-0.15, -0.1) is 0 Å². The first-order chi connectivity index (χ1) is 18.6. The number of esters is 1. The number of carbonyl (C=O) groups excluding carboxylic acids is 2. The lowest BCUT2D eigenvalue weighted by atomic mass is 10.4. The molecule has 0 saturated heterocycles. The summed E-state index contributed by atoms with van der Waals surface area (Å²) in [5.74, 6) is -0.341. The Bertz CT molecular complexity index is 702. The fourth-order valence-corrected chi connectivity index (χ4v) is 18.2. The second-order valence-corrected chi connectivity index (χ2v) is 23.8. The molecule has 1 amide bonds. The van der Waals surface area contributed by atoms with Crippen molar-refractivity contribution in [1.82, 2.24) is 10.6 Å². The minimum atomic E-state index is -2.32. The van der Waals surface area contributed by atoms with Crippen molar-refractivity contribution in [1.29, 1.82) is 0 Å². The number of carbonyl (C=O) groups is 2. The summed E-state index contributed by atoms with van der Waals surface area (Å²) in [6, 6.07) is 1.90. The van der Waals surface area contributed by atoms with Gasteiger partial charge in [0.05, 0.1) is 26.5 Å². The summed E-state index contributed by atoms with van der Waals surface area (Å²) in [5, 5.41) is 5.37. The molecule has 2 atom stereocenters. The Kier molecular flexibility index (Phi) is 20.4. The van der Waals surface area contributed by atoms with Gasteiger partial charge in [-0.3, -0.25) is 4.79 Å². The zero-order chi connectivity index (χ0) is 30.7. The number of hydrogen-bond acceptors (Lipinski definition) is 11. The molecule has 0 fully saturated rings. The van der Waals surface area contributed by atoms with Crippen LogP contribution in [0.15, 0.2) is 0 Å². The molecule has 2 N–H and O–H groups in total. The lowest BCUT2D eigenvalue weighted by Crippen LogP contribution is -2.52. The van der Waals surface area contributed by atoms with Gasteiger partial charge in [0.25, 0.3) is 0 Å². The monoisotopic (exact) mass is 628 g/mol. The fraction of sp³-hybridized carbons (Fsp3) is 0.920. The Balaban J connectivity index is 4.35. The van der Waals surface area contributed by atoms with Crippen LogP contribution in [0.1, 0.15) is 19.8 Å². The van der Waals surface area contributed by atoms with Crippen LogP contribution in [0.25, 0.3) is 0 Å². The predicted octanol–water partition coefficient (Wildman–Crippen LogP) is 3.44. The van der Waals surface area contributed by atoms with Gasteiger partial charge in [0, 0.05) is 34.4 Å². The summed E-state index contributed by atoms with van der Waals surface area (Å²) < 4.78 is 45.6. The van der Waals surface area contributed by atoms with Gasteiger partial charge in [0.2, 0.25) is 0 Å². The van der Waals surface area contributed by atoms with E-state index in [1.807, 2.05) is 0 Å². The Labute approximate surface area is 244 Å². The first kappa shape index (κ1) is 39.1. The van der Waals surface area contributed by atoms with Crippen LogP contribution in [0.5, 0.6) is 0 Å². The summed E-state index contributed by atoms with van der Waals surface area (Å²) in [7, 11) is -1.37. The van der Waals surface area contributed by atoms with Crippen molar-refractivity contribution in [2.24, 2.45) is 0 Å². The molecular formula is C25H56N2O10Si3. The van der Waals surface area contributed by atoms with Gasteiger partial charge in [0.1, 0.15) is 18.8 Å². The van der Waals surface area contributed by atoms with Crippen molar-refractivity contribution in [3.8, 4) is 0 Å². The van der Waals surface area contributed by atoms with Gasteiger partial charge in [-0.05, 0) is 71.3 Å². The van der Waals surface area contributed by atoms with Crippen LogP contribution in [-0.2, 0) is 41.4 Å². The van der Waals surface area contributed by atoms with Crippen molar-refractivity contribution >= 4 is 37.3 Å². The highest BCUT2D eigenvalue weighted by atomic mass is 28.5. The number of nitrogens with one attached hydrogen (secondary N) is 2. The molecule has 0 aromatic heterocycles. The van der Waals surface area contributed by atoms with Gasteiger partial charge in [-0.25, -0.2) is 4.79 Å². The highest BCUT2D eigenvalue weighted by Crippen LogP contribution is 2.26. The highest BCUT2D eigenvalue weighted by Gasteiger charge is 2.39. The third-order valence-electron chi connectivity index (χ3n) is 5.62. The van der Waals surface area contributed by atoms with Crippen molar-refractivity contribution < 1.29 is 46.2 Å². The third-order valence-corrected chi connectivity index (χ3v) is 17.1. The number of ether oxygens (including phenoxy) is 6. The maximum atomic E-state index is 11.6. The molecule has 0 heterocycles. The molecule has 0 radical (unpaired) electrons. The summed E-state index contributed by atoms with van der Waals surface area (Å²) in [4.78, 5) is 22.7. The van der Waals surface area contributed by atoms with Gasteiger partial charge >= 0.3 is 20.6 Å². The van der Waals surface area contributed by atoms with Gasteiger partial charge in [-0.2, -0.15) is 0 Å². The SMILES string of the molecule is CNCNC(=O)OCC(COCCC[Si](C)(C)O[Si](C)(C)O[Si](C)(C)CCCOCC(COC)OC(C)=O)OC. The third kappa shape index (κ3) is 21.8. The molecule has 0 aliphatic heterocycles. The molecular weight excluding hydrogens is 573 g/mol. The number of alkyl carbamates (subject to hydrolysis) is 1. The molecule has 0 aromatic carbocycles. The van der Waals surface area contributed by atoms with Crippen LogP contribution < -0.4 is 10.6 Å². The summed E-state index contributed by atoms with van der Waals surface area (Å²) >= 11 is 0. The molecule has 0 bridgehead atoms. The molecule has 238 valence electrons. The standard InChI is InChI=1S/C25H56N2O10Si3/c1-22(28)35-24(17-30-3)19-33-14-12-16-39(7,8)37-40(9,10)36-38(5,6)15-11-13-32-18-23(31-4)20-34-25(29)27-21-26-2/h23-24,26H,11-21H2,1-10H3,(H,27,29). The molecule has 0 aliphatic carbocycles. The van der Waals surface area contributed by atoms with E-state index in [9.17, 15) is 9.59 Å². The molecule has 15 heteroatoms. The quantitative estimate of drug-likeness (QED) is 0.0705. The van der Waals surface area contributed by atoms with E-state index in [1.54, 1.807) is 21.3 Å². The van der Waals surface area contributed by atoms with Crippen LogP contribution in [0, 0.1) is 0 Å². The second kappa shape index (κ2) is 20.9. The van der Waals surface area contributed by atoms with Crippen LogP contribution in [-0.4, -0.2) is 117 Å². The van der Waals surface area contributed by atoms with Crippen LogP contribution in [0.3, 0.4) is 0 Å². The Hall–Kier alpha value is -0.889. The van der Waals surface area contributed by atoms with Crippen molar-refractivity contribution in [3.63, 3.8) is 0 Å². The minimum absolute atomic E-state index is 0.126. The van der Waals surface area contributed by atoms with E-state index in [2.05, 4.69) is 49.9 Å². The van der Waals surface area contributed by atoms with Gasteiger partial charge < -0.3 is 47.3 Å². The van der Waals surface area contributed by atoms with E-state index in [1.165, 1.54) is 6.92 Å². The van der Waals surface area contributed by atoms with Crippen molar-refractivity contribution in [2.75, 3.05) is 67.6 Å². The first-order valence-corrected chi connectivity index (χ1v) is 23.0. The Morgan fingerprint density at radius 2 is 1.30 bits per heavy atom. The van der Waals surface area contributed by atoms with E-state index < -0.39 is 37.4 Å². The molecule has 0 saturated carbocycles. The van der Waals surface area contributed by atoms with Gasteiger partial charge in [0.15, 0.2) is 16.6 Å². The lowest BCUT2D eigenvalue weighted by molar-refractivity contribution is -0.152. The summed E-state index contributed by atoms with van der Waals surface area (Å²) in [5.41, 5.74) is 0. The average Bonchev–Trinajstić information content (AvgIpc) is 2.82. The largest absolute Gasteiger partial charge is 0.458 e. The number of amides is 1. The number of methoxy groups -OCH3 is 2. The molecule has 0 rings (SSSR count). The summed E-state index contributed by atoms with van der Waals surface area (Å²) in [6.45, 7) is 17.1. The predicted molar refractivity (Wildman–Crippen MR) is 162 cm³/mol. The van der Waals surface area contributed by atoms with E-state index in [-0.39, 0.29) is 18.7 Å². The molecule has 0 spiro atoms. The molecule has 2 unspecified atom stereocenters. The second-order valence-electron chi connectivity index (χ2n) is 11.3. The maximum Gasteiger partial charge on any atom is 0.408 e. The zero-order valence-corrected chi connectivity index (χ0v) is 29.5. The van der Waals surface area contributed by atoms with Crippen LogP contribution in [0.2, 0.25) is 51.4 Å². The van der Waals surface area contributed by atoms with Crippen molar-refractivity contribution in [3.05, 3.63) is 0 Å². The number of hydrogen-bond donors (Lipinski definition) is 2. The topological polar surface area (TPSA) is 132 Å². The lowest BCUT2D eigenvalue weighted by Gasteiger charge is -2.38. The van der Waals surface area contributed by atoms with Crippen LogP contribution >= 0.6 is 0 Å². The molecule has 40 heavy (non-hydrogen) atoms. The fourth-order valence-electron chi connectivity index (χ4n) is 4.18. The summed E-state index contributed by atoms with van der Waals surface area (Å²) in [6.07, 6.45) is 0.537. The molecule has 12 nitrogen and oxygen atoms in total. The Morgan fingerprint density at radius 1 is 0.775 bits per heavy atom. The van der Waals surface area contributed by atoms with E-state index in [0.29, 0.717) is 39.7 Å². The zero-order valence-electron chi connectivity index (χ0n) is 26.5. The van der Waals surface area contributed by atoms with Gasteiger partial charge in [-0.1, -0.05) is 0 Å². The highest BCUT2D eigenvalue weighted by molar-refractivity contribution is 6.87. The minimum Gasteiger partial charge on any atom is -0.458 e. The van der Waals surface area contributed by atoms with Crippen LogP contribution in [0.4, 0.5) is 4.79 Å². The van der Waals surface area contributed by atoms with Crippen molar-refractivity contribution in [2.45, 2.75) is 83.3 Å². The molecule has 0 aromatic rings. The normalized spacial score (nSPS) is 14.1. The molecule has 0 aliphatic rings. The average molecular weight is 629 g/mol. The maximum absolute atomic E-state index is 11.6. The number of rotatable bonds is 24.